The monoisotopic (exact) mass is 141 g/mol. The second kappa shape index (κ2) is 1.72. The highest BCUT2D eigenvalue weighted by Crippen LogP contribution is 2.37. The summed E-state index contributed by atoms with van der Waals surface area (Å²) < 4.78 is 5.08. The lowest BCUT2D eigenvalue weighted by Gasteiger charge is -2.36. The van der Waals surface area contributed by atoms with Gasteiger partial charge in [-0.25, -0.2) is 0 Å². The number of amides is 1. The van der Waals surface area contributed by atoms with E-state index in [9.17, 15) is 4.79 Å². The predicted octanol–water partition coefficient (Wildman–Crippen LogP) is -0.135. The maximum absolute atomic E-state index is 11.1. The van der Waals surface area contributed by atoms with Crippen LogP contribution < -0.4 is 0 Å². The molecule has 0 atom stereocenters. The molecule has 2 fully saturated rings. The highest BCUT2D eigenvalue weighted by atomic mass is 16.5. The summed E-state index contributed by atoms with van der Waals surface area (Å²) in [5.41, 5.74) is 0.214. The SMILES string of the molecule is CN1CC2(COC2)CC1=O. The molecular weight excluding hydrogens is 130 g/mol. The van der Waals surface area contributed by atoms with Crippen molar-refractivity contribution in [2.75, 3.05) is 26.8 Å². The van der Waals surface area contributed by atoms with Crippen molar-refractivity contribution in [1.29, 1.82) is 0 Å². The molecule has 0 aliphatic carbocycles. The molecule has 3 nitrogen and oxygen atoms in total. The van der Waals surface area contributed by atoms with Crippen molar-refractivity contribution in [2.45, 2.75) is 6.42 Å². The highest BCUT2D eigenvalue weighted by Gasteiger charge is 2.47. The van der Waals surface area contributed by atoms with Gasteiger partial charge in [0, 0.05) is 25.4 Å². The third-order valence-corrected chi connectivity index (χ3v) is 2.34. The third kappa shape index (κ3) is 0.669. The van der Waals surface area contributed by atoms with Crippen molar-refractivity contribution in [1.82, 2.24) is 4.90 Å². The first-order chi connectivity index (χ1) is 4.72. The van der Waals surface area contributed by atoms with Gasteiger partial charge in [-0.3, -0.25) is 4.79 Å². The summed E-state index contributed by atoms with van der Waals surface area (Å²) in [4.78, 5) is 12.8. The molecule has 56 valence electrons. The normalized spacial score (nSPS) is 29.3. The number of carbonyl (C=O) groups is 1. The Morgan fingerprint density at radius 3 is 2.50 bits per heavy atom. The van der Waals surface area contributed by atoms with E-state index in [1.165, 1.54) is 0 Å². The number of carbonyl (C=O) groups excluding carboxylic acids is 1. The molecule has 0 N–H and O–H groups in total. The van der Waals surface area contributed by atoms with Crippen LogP contribution in [0.1, 0.15) is 6.42 Å². The highest BCUT2D eigenvalue weighted by molar-refractivity contribution is 5.79. The van der Waals surface area contributed by atoms with Crippen molar-refractivity contribution >= 4 is 5.91 Å². The molecule has 0 unspecified atom stereocenters. The molecule has 2 aliphatic heterocycles. The lowest BCUT2D eigenvalue weighted by atomic mass is 9.85. The standard InChI is InChI=1S/C7H11NO2/c1-8-3-7(2-6(8)9)4-10-5-7/h2-5H2,1H3. The zero-order valence-electron chi connectivity index (χ0n) is 6.09. The Labute approximate surface area is 60.0 Å². The van der Waals surface area contributed by atoms with E-state index < -0.39 is 0 Å². The van der Waals surface area contributed by atoms with Gasteiger partial charge in [0.2, 0.25) is 5.91 Å². The van der Waals surface area contributed by atoms with E-state index in [4.69, 9.17) is 4.74 Å². The molecule has 0 saturated carbocycles. The molecule has 10 heavy (non-hydrogen) atoms. The van der Waals surface area contributed by atoms with Gasteiger partial charge in [-0.05, 0) is 0 Å². The second-order valence-electron chi connectivity index (χ2n) is 3.42. The second-order valence-corrected chi connectivity index (χ2v) is 3.42. The molecule has 2 heterocycles. The van der Waals surface area contributed by atoms with E-state index in [2.05, 4.69) is 0 Å². The van der Waals surface area contributed by atoms with Crippen molar-refractivity contribution in [3.8, 4) is 0 Å². The molecule has 0 aromatic heterocycles. The van der Waals surface area contributed by atoms with Crippen LogP contribution in [0.3, 0.4) is 0 Å². The van der Waals surface area contributed by atoms with Crippen LogP contribution in [0.15, 0.2) is 0 Å². The van der Waals surface area contributed by atoms with Gasteiger partial charge in [0.25, 0.3) is 0 Å². The summed E-state index contributed by atoms with van der Waals surface area (Å²) in [5, 5.41) is 0. The molecule has 0 bridgehead atoms. The molecule has 2 saturated heterocycles. The number of hydrogen-bond donors (Lipinski definition) is 0. The van der Waals surface area contributed by atoms with E-state index in [-0.39, 0.29) is 11.3 Å². The molecule has 1 amide bonds. The average Bonchev–Trinajstić information content (AvgIpc) is 2.08. The number of nitrogens with zero attached hydrogens (tertiary/aromatic N) is 1. The van der Waals surface area contributed by atoms with Crippen molar-refractivity contribution < 1.29 is 9.53 Å². The minimum atomic E-state index is 0.214. The summed E-state index contributed by atoms with van der Waals surface area (Å²) in [5.74, 6) is 0.267. The van der Waals surface area contributed by atoms with E-state index in [1.807, 2.05) is 7.05 Å². The van der Waals surface area contributed by atoms with Gasteiger partial charge in [0.1, 0.15) is 0 Å². The maximum atomic E-state index is 11.1. The van der Waals surface area contributed by atoms with Gasteiger partial charge < -0.3 is 9.64 Å². The topological polar surface area (TPSA) is 29.5 Å². The van der Waals surface area contributed by atoms with Gasteiger partial charge in [-0.2, -0.15) is 0 Å². The van der Waals surface area contributed by atoms with Crippen LogP contribution in [0, 0.1) is 5.41 Å². The Balaban J connectivity index is 2.10. The summed E-state index contributed by atoms with van der Waals surface area (Å²) in [6, 6.07) is 0. The van der Waals surface area contributed by atoms with Gasteiger partial charge in [-0.1, -0.05) is 0 Å². The van der Waals surface area contributed by atoms with E-state index in [0.717, 1.165) is 19.8 Å². The third-order valence-electron chi connectivity index (χ3n) is 2.34. The fraction of sp³-hybridized carbons (Fsp3) is 0.857. The molecule has 3 heteroatoms. The van der Waals surface area contributed by atoms with Crippen molar-refractivity contribution in [3.05, 3.63) is 0 Å². The van der Waals surface area contributed by atoms with E-state index >= 15 is 0 Å². The molecule has 2 aliphatic rings. The molecule has 1 spiro atoms. The summed E-state index contributed by atoms with van der Waals surface area (Å²) in [7, 11) is 1.86. The number of likely N-dealkylation sites (tertiary alicyclic amines) is 1. The Kier molecular flexibility index (Phi) is 1.06. The average molecular weight is 141 g/mol. The van der Waals surface area contributed by atoms with Crippen molar-refractivity contribution in [3.63, 3.8) is 0 Å². The quantitative estimate of drug-likeness (QED) is 0.470. The minimum absolute atomic E-state index is 0.214. The van der Waals surface area contributed by atoms with Gasteiger partial charge >= 0.3 is 0 Å². The Bertz CT molecular complexity index is 174. The van der Waals surface area contributed by atoms with Crippen LogP contribution in [0.5, 0.6) is 0 Å². The Hall–Kier alpha value is -0.570. The number of rotatable bonds is 0. The number of ether oxygens (including phenoxy) is 1. The van der Waals surface area contributed by atoms with Gasteiger partial charge in [-0.15, -0.1) is 0 Å². The van der Waals surface area contributed by atoms with Gasteiger partial charge in [0.05, 0.1) is 13.2 Å². The van der Waals surface area contributed by atoms with Crippen LogP contribution in [0.2, 0.25) is 0 Å². The summed E-state index contributed by atoms with van der Waals surface area (Å²) in [6.45, 7) is 2.46. The zero-order chi connectivity index (χ0) is 7.19. The van der Waals surface area contributed by atoms with Crippen molar-refractivity contribution in [2.24, 2.45) is 5.41 Å². The van der Waals surface area contributed by atoms with E-state index in [0.29, 0.717) is 6.42 Å². The van der Waals surface area contributed by atoms with E-state index in [1.54, 1.807) is 4.90 Å². The lowest BCUT2D eigenvalue weighted by Crippen LogP contribution is -2.44. The van der Waals surface area contributed by atoms with Crippen LogP contribution in [-0.2, 0) is 9.53 Å². The number of hydrogen-bond acceptors (Lipinski definition) is 2. The summed E-state index contributed by atoms with van der Waals surface area (Å²) in [6.07, 6.45) is 0.698. The fourth-order valence-electron chi connectivity index (χ4n) is 1.69. The zero-order valence-corrected chi connectivity index (χ0v) is 6.09. The van der Waals surface area contributed by atoms with Crippen LogP contribution >= 0.6 is 0 Å². The van der Waals surface area contributed by atoms with Crippen LogP contribution in [-0.4, -0.2) is 37.6 Å². The Morgan fingerprint density at radius 2 is 2.30 bits per heavy atom. The Morgan fingerprint density at radius 1 is 1.60 bits per heavy atom. The molecule has 2 rings (SSSR count). The molecular formula is C7H11NO2. The summed E-state index contributed by atoms with van der Waals surface area (Å²) >= 11 is 0. The molecule has 0 radical (unpaired) electrons. The van der Waals surface area contributed by atoms with Gasteiger partial charge in [0.15, 0.2) is 0 Å². The first kappa shape index (κ1) is 6.16. The predicted molar refractivity (Wildman–Crippen MR) is 35.5 cm³/mol. The lowest BCUT2D eigenvalue weighted by molar-refractivity contribution is -0.129. The van der Waals surface area contributed by atoms with Crippen LogP contribution in [0.4, 0.5) is 0 Å². The molecule has 0 aromatic carbocycles. The fourth-order valence-corrected chi connectivity index (χ4v) is 1.69. The minimum Gasteiger partial charge on any atom is -0.380 e. The molecule has 0 aromatic rings. The first-order valence-electron chi connectivity index (χ1n) is 3.54. The smallest absolute Gasteiger partial charge is 0.223 e. The van der Waals surface area contributed by atoms with Crippen LogP contribution in [0.25, 0.3) is 0 Å². The maximum Gasteiger partial charge on any atom is 0.223 e. The largest absolute Gasteiger partial charge is 0.380 e. The first-order valence-corrected chi connectivity index (χ1v) is 3.54.